The minimum absolute atomic E-state index is 0.0475. The smallest absolute Gasteiger partial charge is 0.309 e. The van der Waals surface area contributed by atoms with E-state index < -0.39 is 10.8 Å². The number of carbonyl (C=O) groups is 1. The maximum atomic E-state index is 11.2. The molecule has 0 fully saturated rings. The zero-order valence-electron chi connectivity index (χ0n) is 9.91. The molecular formula is C10H21NO3S. The fraction of sp³-hybridized carbons (Fsp3) is 0.900. The Hall–Kier alpha value is -0.420. The molecule has 0 radical (unpaired) electrons. The first-order valence-corrected chi connectivity index (χ1v) is 6.67. The molecule has 0 aromatic carbocycles. The molecule has 90 valence electrons. The number of carbonyl (C=O) groups excluding carboxylic acids is 1. The Morgan fingerprint density at radius 3 is 2.53 bits per heavy atom. The van der Waals surface area contributed by atoms with Gasteiger partial charge in [0.2, 0.25) is 0 Å². The summed E-state index contributed by atoms with van der Waals surface area (Å²) < 4.78 is 15.8. The normalized spacial score (nSPS) is 16.8. The lowest BCUT2D eigenvalue weighted by Gasteiger charge is -2.18. The van der Waals surface area contributed by atoms with Crippen LogP contribution in [0.1, 0.15) is 20.8 Å². The minimum atomic E-state index is -0.748. The van der Waals surface area contributed by atoms with Crippen LogP contribution in [0, 0.1) is 5.92 Å². The molecule has 0 aliphatic heterocycles. The summed E-state index contributed by atoms with van der Waals surface area (Å²) in [6.07, 6.45) is 0. The van der Waals surface area contributed by atoms with Crippen molar-refractivity contribution >= 4 is 16.8 Å². The molecule has 0 aromatic rings. The predicted octanol–water partition coefficient (Wildman–Crippen LogP) is 0.542. The van der Waals surface area contributed by atoms with Crippen LogP contribution in [0.3, 0.4) is 0 Å². The van der Waals surface area contributed by atoms with Crippen LogP contribution in [0.15, 0.2) is 0 Å². The molecule has 3 unspecified atom stereocenters. The van der Waals surface area contributed by atoms with Crippen molar-refractivity contribution in [3.05, 3.63) is 0 Å². The lowest BCUT2D eigenvalue weighted by atomic mass is 10.0. The van der Waals surface area contributed by atoms with E-state index in [-0.39, 0.29) is 17.9 Å². The van der Waals surface area contributed by atoms with Crippen LogP contribution in [-0.2, 0) is 20.3 Å². The second kappa shape index (κ2) is 7.82. The van der Waals surface area contributed by atoms with E-state index in [0.29, 0.717) is 18.1 Å². The maximum Gasteiger partial charge on any atom is 0.309 e. The van der Waals surface area contributed by atoms with Crippen molar-refractivity contribution in [1.29, 1.82) is 0 Å². The number of rotatable bonds is 7. The van der Waals surface area contributed by atoms with Gasteiger partial charge in [0, 0.05) is 34.9 Å². The molecule has 0 saturated carbocycles. The standard InChI is InChI=1S/C10H21NO3S/c1-5-15(13)7-6-11-9(3)8(2)10(12)14-4/h8-9,11H,5-7H2,1-4H3. The maximum absolute atomic E-state index is 11.2. The van der Waals surface area contributed by atoms with Gasteiger partial charge < -0.3 is 10.1 Å². The summed E-state index contributed by atoms with van der Waals surface area (Å²) >= 11 is 0. The van der Waals surface area contributed by atoms with Gasteiger partial charge in [-0.25, -0.2) is 0 Å². The Kier molecular flexibility index (Phi) is 7.60. The first-order chi connectivity index (χ1) is 7.02. The zero-order valence-corrected chi connectivity index (χ0v) is 10.7. The Balaban J connectivity index is 3.78. The molecule has 1 N–H and O–H groups in total. The van der Waals surface area contributed by atoms with E-state index >= 15 is 0 Å². The number of esters is 1. The van der Waals surface area contributed by atoms with Crippen molar-refractivity contribution in [2.45, 2.75) is 26.8 Å². The van der Waals surface area contributed by atoms with E-state index in [1.165, 1.54) is 7.11 Å². The largest absolute Gasteiger partial charge is 0.469 e. The van der Waals surface area contributed by atoms with Crippen LogP contribution in [-0.4, -0.2) is 41.4 Å². The lowest BCUT2D eigenvalue weighted by Crippen LogP contribution is -2.38. The number of ether oxygens (including phenoxy) is 1. The molecule has 5 heteroatoms. The van der Waals surface area contributed by atoms with Gasteiger partial charge in [-0.1, -0.05) is 13.8 Å². The third-order valence-corrected chi connectivity index (χ3v) is 3.74. The highest BCUT2D eigenvalue weighted by Gasteiger charge is 2.19. The van der Waals surface area contributed by atoms with Gasteiger partial charge in [-0.2, -0.15) is 0 Å². The van der Waals surface area contributed by atoms with Crippen molar-refractivity contribution < 1.29 is 13.7 Å². The summed E-state index contributed by atoms with van der Waals surface area (Å²) in [5, 5.41) is 3.17. The van der Waals surface area contributed by atoms with Crippen LogP contribution in [0.2, 0.25) is 0 Å². The monoisotopic (exact) mass is 235 g/mol. The van der Waals surface area contributed by atoms with Gasteiger partial charge >= 0.3 is 5.97 Å². The van der Waals surface area contributed by atoms with Gasteiger partial charge in [0.1, 0.15) is 0 Å². The fourth-order valence-electron chi connectivity index (χ4n) is 1.11. The number of hydrogen-bond donors (Lipinski definition) is 1. The summed E-state index contributed by atoms with van der Waals surface area (Å²) in [6, 6.07) is 0.0475. The highest BCUT2D eigenvalue weighted by molar-refractivity contribution is 7.84. The summed E-state index contributed by atoms with van der Waals surface area (Å²) in [7, 11) is 0.639. The second-order valence-corrected chi connectivity index (χ2v) is 5.35. The molecular weight excluding hydrogens is 214 g/mol. The van der Waals surface area contributed by atoms with Crippen molar-refractivity contribution in [3.8, 4) is 0 Å². The highest BCUT2D eigenvalue weighted by Crippen LogP contribution is 2.03. The van der Waals surface area contributed by atoms with E-state index in [2.05, 4.69) is 10.1 Å². The second-order valence-electron chi connectivity index (χ2n) is 3.49. The van der Waals surface area contributed by atoms with E-state index in [9.17, 15) is 9.00 Å². The van der Waals surface area contributed by atoms with E-state index in [4.69, 9.17) is 0 Å². The molecule has 0 bridgehead atoms. The molecule has 0 aliphatic rings. The van der Waals surface area contributed by atoms with Crippen LogP contribution >= 0.6 is 0 Å². The first-order valence-electron chi connectivity index (χ1n) is 5.19. The van der Waals surface area contributed by atoms with Gasteiger partial charge in [0.05, 0.1) is 13.0 Å². The Morgan fingerprint density at radius 1 is 1.47 bits per heavy atom. The van der Waals surface area contributed by atoms with Crippen LogP contribution in [0.4, 0.5) is 0 Å². The van der Waals surface area contributed by atoms with Crippen molar-refractivity contribution in [1.82, 2.24) is 5.32 Å². The summed E-state index contributed by atoms with van der Waals surface area (Å²) in [4.78, 5) is 11.2. The van der Waals surface area contributed by atoms with Gasteiger partial charge in [0.15, 0.2) is 0 Å². The average molecular weight is 235 g/mol. The third kappa shape index (κ3) is 5.89. The zero-order chi connectivity index (χ0) is 11.8. The summed E-state index contributed by atoms with van der Waals surface area (Å²) in [5.74, 6) is 0.925. The van der Waals surface area contributed by atoms with E-state index in [1.54, 1.807) is 0 Å². The predicted molar refractivity (Wildman–Crippen MR) is 62.2 cm³/mol. The quantitative estimate of drug-likeness (QED) is 0.654. The van der Waals surface area contributed by atoms with Gasteiger partial charge in [-0.15, -0.1) is 0 Å². The molecule has 15 heavy (non-hydrogen) atoms. The van der Waals surface area contributed by atoms with Crippen LogP contribution < -0.4 is 5.32 Å². The molecule has 0 aromatic heterocycles. The topological polar surface area (TPSA) is 55.4 Å². The fourth-order valence-corrected chi connectivity index (χ4v) is 1.75. The van der Waals surface area contributed by atoms with E-state index in [1.807, 2.05) is 20.8 Å². The van der Waals surface area contributed by atoms with Crippen LogP contribution in [0.5, 0.6) is 0 Å². The Labute approximate surface area is 94.2 Å². The van der Waals surface area contributed by atoms with Gasteiger partial charge in [-0.3, -0.25) is 9.00 Å². The third-order valence-electron chi connectivity index (χ3n) is 2.44. The summed E-state index contributed by atoms with van der Waals surface area (Å²) in [5.41, 5.74) is 0. The number of methoxy groups -OCH3 is 1. The molecule has 4 nitrogen and oxygen atoms in total. The molecule has 0 spiro atoms. The van der Waals surface area contributed by atoms with E-state index in [0.717, 1.165) is 0 Å². The van der Waals surface area contributed by atoms with Crippen molar-refractivity contribution in [2.24, 2.45) is 5.92 Å². The molecule has 0 rings (SSSR count). The average Bonchev–Trinajstić information content (AvgIpc) is 2.26. The number of hydrogen-bond acceptors (Lipinski definition) is 4. The minimum Gasteiger partial charge on any atom is -0.469 e. The molecule has 0 amide bonds. The van der Waals surface area contributed by atoms with Gasteiger partial charge in [0.25, 0.3) is 0 Å². The molecule has 0 heterocycles. The first kappa shape index (κ1) is 14.6. The molecule has 3 atom stereocenters. The number of nitrogens with one attached hydrogen (secondary N) is 1. The molecule has 0 aliphatic carbocycles. The summed E-state index contributed by atoms with van der Waals surface area (Å²) in [6.45, 7) is 6.32. The Bertz CT molecular complexity index is 221. The van der Waals surface area contributed by atoms with Gasteiger partial charge in [-0.05, 0) is 6.92 Å². The van der Waals surface area contributed by atoms with Crippen molar-refractivity contribution in [3.63, 3.8) is 0 Å². The van der Waals surface area contributed by atoms with Crippen molar-refractivity contribution in [2.75, 3.05) is 25.2 Å². The Morgan fingerprint density at radius 2 is 2.07 bits per heavy atom. The lowest BCUT2D eigenvalue weighted by molar-refractivity contribution is -0.145. The highest BCUT2D eigenvalue weighted by atomic mass is 32.2. The molecule has 0 saturated heterocycles. The van der Waals surface area contributed by atoms with Crippen LogP contribution in [0.25, 0.3) is 0 Å². The SMILES string of the molecule is CCS(=O)CCNC(C)C(C)C(=O)OC.